The fraction of sp³-hybridized carbons (Fsp3) is 0.357. The maximum Gasteiger partial charge on any atom is 0.330 e. The van der Waals surface area contributed by atoms with Gasteiger partial charge in [0.15, 0.2) is 0 Å². The first-order chi connectivity index (χ1) is 8.65. The molecule has 1 N–H and O–H groups in total. The van der Waals surface area contributed by atoms with Gasteiger partial charge in [-0.15, -0.1) is 0 Å². The molecular weight excluding hydrogens is 232 g/mol. The lowest BCUT2D eigenvalue weighted by Crippen LogP contribution is -2.04. The number of hydrogen-bond donors (Lipinski definition) is 1. The van der Waals surface area contributed by atoms with Gasteiger partial charge in [0.25, 0.3) is 0 Å². The fourth-order valence-electron chi connectivity index (χ4n) is 1.51. The van der Waals surface area contributed by atoms with Gasteiger partial charge in [-0.25, -0.2) is 4.79 Å². The summed E-state index contributed by atoms with van der Waals surface area (Å²) in [6.45, 7) is 4.88. The smallest absolute Gasteiger partial charge is 0.330 e. The molecule has 0 aliphatic carbocycles. The summed E-state index contributed by atoms with van der Waals surface area (Å²) in [6, 6.07) is 7.67. The number of aryl methyl sites for hydroxylation is 1. The van der Waals surface area contributed by atoms with E-state index in [1.54, 1.807) is 0 Å². The molecule has 1 aromatic carbocycles. The van der Waals surface area contributed by atoms with E-state index < -0.39 is 5.97 Å². The van der Waals surface area contributed by atoms with Crippen LogP contribution in [0.2, 0.25) is 0 Å². The SMILES string of the molecule is C=C(CCc1ccc(OCC2CO2)cc1)C(=O)O. The molecule has 1 heterocycles. The van der Waals surface area contributed by atoms with Crippen molar-refractivity contribution in [1.29, 1.82) is 0 Å². The highest BCUT2D eigenvalue weighted by Crippen LogP contribution is 2.17. The molecule has 4 heteroatoms. The molecule has 1 fully saturated rings. The molecule has 4 nitrogen and oxygen atoms in total. The average molecular weight is 248 g/mol. The second kappa shape index (κ2) is 5.69. The van der Waals surface area contributed by atoms with Crippen molar-refractivity contribution in [2.24, 2.45) is 0 Å². The number of carbonyl (C=O) groups is 1. The molecule has 1 aliphatic heterocycles. The normalized spacial score (nSPS) is 17.2. The fourth-order valence-corrected chi connectivity index (χ4v) is 1.51. The van der Waals surface area contributed by atoms with Crippen LogP contribution in [0.1, 0.15) is 12.0 Å². The van der Waals surface area contributed by atoms with E-state index in [1.807, 2.05) is 24.3 Å². The Morgan fingerprint density at radius 2 is 2.11 bits per heavy atom. The minimum absolute atomic E-state index is 0.237. The second-order valence-electron chi connectivity index (χ2n) is 4.32. The van der Waals surface area contributed by atoms with Crippen LogP contribution in [0.5, 0.6) is 5.75 Å². The lowest BCUT2D eigenvalue weighted by Gasteiger charge is -2.06. The number of aliphatic carboxylic acids is 1. The molecule has 1 aromatic rings. The molecule has 18 heavy (non-hydrogen) atoms. The number of epoxide rings is 1. The van der Waals surface area contributed by atoms with E-state index in [9.17, 15) is 4.79 Å². The molecule has 0 saturated carbocycles. The monoisotopic (exact) mass is 248 g/mol. The van der Waals surface area contributed by atoms with Crippen molar-refractivity contribution in [3.63, 3.8) is 0 Å². The zero-order valence-corrected chi connectivity index (χ0v) is 10.1. The molecule has 2 rings (SSSR count). The summed E-state index contributed by atoms with van der Waals surface area (Å²) in [5.41, 5.74) is 1.31. The van der Waals surface area contributed by atoms with Crippen LogP contribution in [0.25, 0.3) is 0 Å². The van der Waals surface area contributed by atoms with Crippen LogP contribution < -0.4 is 4.74 Å². The third-order valence-electron chi connectivity index (χ3n) is 2.78. The number of carboxylic acids is 1. The van der Waals surface area contributed by atoms with E-state index in [4.69, 9.17) is 14.6 Å². The van der Waals surface area contributed by atoms with Gasteiger partial charge >= 0.3 is 5.97 Å². The molecule has 1 saturated heterocycles. The van der Waals surface area contributed by atoms with Crippen molar-refractivity contribution < 1.29 is 19.4 Å². The number of carboxylic acid groups (broad SMARTS) is 1. The van der Waals surface area contributed by atoms with Crippen molar-refractivity contribution in [3.05, 3.63) is 42.0 Å². The zero-order chi connectivity index (χ0) is 13.0. The molecule has 1 unspecified atom stereocenters. The lowest BCUT2D eigenvalue weighted by atomic mass is 10.1. The second-order valence-corrected chi connectivity index (χ2v) is 4.32. The highest BCUT2D eigenvalue weighted by molar-refractivity contribution is 5.85. The molecule has 1 aliphatic rings. The van der Waals surface area contributed by atoms with E-state index in [0.717, 1.165) is 17.9 Å². The Morgan fingerprint density at radius 3 is 2.67 bits per heavy atom. The van der Waals surface area contributed by atoms with E-state index >= 15 is 0 Å². The molecule has 0 radical (unpaired) electrons. The minimum atomic E-state index is -0.931. The number of ether oxygens (including phenoxy) is 2. The average Bonchev–Trinajstić information content (AvgIpc) is 3.18. The van der Waals surface area contributed by atoms with Gasteiger partial charge in [0, 0.05) is 5.57 Å². The van der Waals surface area contributed by atoms with Gasteiger partial charge in [-0.1, -0.05) is 18.7 Å². The molecule has 1 atom stereocenters. The summed E-state index contributed by atoms with van der Waals surface area (Å²) < 4.78 is 10.6. The van der Waals surface area contributed by atoms with Crippen molar-refractivity contribution in [3.8, 4) is 5.75 Å². The Bertz CT molecular complexity index is 432. The van der Waals surface area contributed by atoms with Crippen LogP contribution in [0.4, 0.5) is 0 Å². The van der Waals surface area contributed by atoms with Crippen LogP contribution in [0.3, 0.4) is 0 Å². The van der Waals surface area contributed by atoms with Gasteiger partial charge in [0.05, 0.1) is 6.61 Å². The predicted molar refractivity (Wildman–Crippen MR) is 66.8 cm³/mol. The van der Waals surface area contributed by atoms with E-state index in [1.165, 1.54) is 0 Å². The highest BCUT2D eigenvalue weighted by Gasteiger charge is 2.22. The summed E-state index contributed by atoms with van der Waals surface area (Å²) in [5.74, 6) is -0.120. The topological polar surface area (TPSA) is 59.1 Å². The Kier molecular flexibility index (Phi) is 3.99. The summed E-state index contributed by atoms with van der Waals surface area (Å²) in [7, 11) is 0. The first kappa shape index (κ1) is 12.6. The molecule has 96 valence electrons. The summed E-state index contributed by atoms with van der Waals surface area (Å²) >= 11 is 0. The number of benzene rings is 1. The van der Waals surface area contributed by atoms with E-state index in [-0.39, 0.29) is 11.7 Å². The number of hydrogen-bond acceptors (Lipinski definition) is 3. The van der Waals surface area contributed by atoms with Crippen LogP contribution in [0, 0.1) is 0 Å². The van der Waals surface area contributed by atoms with Gasteiger partial charge in [-0.2, -0.15) is 0 Å². The first-order valence-corrected chi connectivity index (χ1v) is 5.89. The van der Waals surface area contributed by atoms with Gasteiger partial charge in [-0.3, -0.25) is 0 Å². The Balaban J connectivity index is 1.79. The number of rotatable bonds is 7. The third-order valence-corrected chi connectivity index (χ3v) is 2.78. The van der Waals surface area contributed by atoms with E-state index in [0.29, 0.717) is 19.4 Å². The standard InChI is InChI=1S/C14H16O4/c1-10(14(15)16)2-3-11-4-6-12(7-5-11)17-8-13-9-18-13/h4-7,13H,1-3,8-9H2,(H,15,16). The van der Waals surface area contributed by atoms with Crippen molar-refractivity contribution >= 4 is 5.97 Å². The first-order valence-electron chi connectivity index (χ1n) is 5.89. The Labute approximate surface area is 106 Å². The predicted octanol–water partition coefficient (Wildman–Crippen LogP) is 2.04. The lowest BCUT2D eigenvalue weighted by molar-refractivity contribution is -0.132. The molecule has 0 aromatic heterocycles. The van der Waals surface area contributed by atoms with Gasteiger partial charge in [0.2, 0.25) is 0 Å². The van der Waals surface area contributed by atoms with Crippen LogP contribution in [-0.2, 0) is 16.0 Å². The summed E-state index contributed by atoms with van der Waals surface area (Å²) in [5, 5.41) is 8.70. The Morgan fingerprint density at radius 1 is 1.44 bits per heavy atom. The van der Waals surface area contributed by atoms with Crippen molar-refractivity contribution in [2.75, 3.05) is 13.2 Å². The maximum atomic E-state index is 10.6. The maximum absolute atomic E-state index is 10.6. The molecular formula is C14H16O4. The van der Waals surface area contributed by atoms with Crippen LogP contribution in [0.15, 0.2) is 36.4 Å². The largest absolute Gasteiger partial charge is 0.491 e. The van der Waals surface area contributed by atoms with Crippen molar-refractivity contribution in [1.82, 2.24) is 0 Å². The Hall–Kier alpha value is -1.81. The summed E-state index contributed by atoms with van der Waals surface area (Å²) in [4.78, 5) is 10.6. The highest BCUT2D eigenvalue weighted by atomic mass is 16.6. The molecule has 0 bridgehead atoms. The van der Waals surface area contributed by atoms with Gasteiger partial charge < -0.3 is 14.6 Å². The van der Waals surface area contributed by atoms with Gasteiger partial charge in [-0.05, 0) is 30.5 Å². The van der Waals surface area contributed by atoms with Crippen molar-refractivity contribution in [2.45, 2.75) is 18.9 Å². The third kappa shape index (κ3) is 3.89. The summed E-state index contributed by atoms with van der Waals surface area (Å²) in [6.07, 6.45) is 1.39. The quantitative estimate of drug-likeness (QED) is 0.592. The van der Waals surface area contributed by atoms with Crippen LogP contribution >= 0.6 is 0 Å². The van der Waals surface area contributed by atoms with Crippen LogP contribution in [-0.4, -0.2) is 30.4 Å². The minimum Gasteiger partial charge on any atom is -0.491 e. The zero-order valence-electron chi connectivity index (χ0n) is 10.1. The molecule has 0 amide bonds. The molecule has 0 spiro atoms. The van der Waals surface area contributed by atoms with Gasteiger partial charge in [0.1, 0.15) is 18.5 Å². The van der Waals surface area contributed by atoms with E-state index in [2.05, 4.69) is 6.58 Å².